The van der Waals surface area contributed by atoms with Gasteiger partial charge in [0.25, 0.3) is 0 Å². The molecule has 94 valence electrons. The molecule has 0 amide bonds. The first kappa shape index (κ1) is 12.2. The van der Waals surface area contributed by atoms with Gasteiger partial charge in [0, 0.05) is 0 Å². The molecule has 1 aromatic heterocycles. The van der Waals surface area contributed by atoms with Crippen LogP contribution in [0.3, 0.4) is 0 Å². The second kappa shape index (κ2) is 5.35. The average Bonchev–Trinajstić information content (AvgIpc) is 2.85. The highest BCUT2D eigenvalue weighted by molar-refractivity contribution is 5.72. The summed E-state index contributed by atoms with van der Waals surface area (Å²) in [6.45, 7) is 1.76. The van der Waals surface area contributed by atoms with Crippen molar-refractivity contribution in [3.8, 4) is 11.4 Å². The molecule has 0 saturated heterocycles. The molecule has 1 aromatic carbocycles. The van der Waals surface area contributed by atoms with E-state index in [-0.39, 0.29) is 0 Å². The lowest BCUT2D eigenvalue weighted by atomic mass is 10.3. The number of aliphatic carboxylic acids is 1. The first-order chi connectivity index (χ1) is 8.70. The van der Waals surface area contributed by atoms with Crippen LogP contribution < -0.4 is 4.74 Å². The first-order valence-electron chi connectivity index (χ1n) is 5.70. The third-order valence-corrected chi connectivity index (χ3v) is 2.50. The van der Waals surface area contributed by atoms with Crippen LogP contribution in [-0.4, -0.2) is 27.0 Å². The minimum atomic E-state index is -0.968. The van der Waals surface area contributed by atoms with Gasteiger partial charge in [-0.2, -0.15) is 5.10 Å². The van der Waals surface area contributed by atoms with Crippen LogP contribution in [0.5, 0.6) is 5.75 Å². The monoisotopic (exact) mass is 246 g/mol. The standard InChI is InChI=1S/C13H14N2O3/c1-2-12(13(16)17)18-11-8-14-15(9-11)10-6-4-3-5-7-10/h3-9,12H,2H2,1H3,(H,16,17). The summed E-state index contributed by atoms with van der Waals surface area (Å²) in [6.07, 6.45) is 2.75. The van der Waals surface area contributed by atoms with Crippen LogP contribution in [0, 0.1) is 0 Å². The Morgan fingerprint density at radius 1 is 1.44 bits per heavy atom. The van der Waals surface area contributed by atoms with Crippen molar-refractivity contribution in [3.63, 3.8) is 0 Å². The van der Waals surface area contributed by atoms with Crippen LogP contribution in [0.1, 0.15) is 13.3 Å². The molecule has 0 saturated carbocycles. The second-order valence-electron chi connectivity index (χ2n) is 3.81. The number of rotatable bonds is 5. The van der Waals surface area contributed by atoms with E-state index in [1.54, 1.807) is 17.8 Å². The maximum Gasteiger partial charge on any atom is 0.344 e. The van der Waals surface area contributed by atoms with Crippen LogP contribution in [0.4, 0.5) is 0 Å². The van der Waals surface area contributed by atoms with Gasteiger partial charge in [0.2, 0.25) is 0 Å². The maximum absolute atomic E-state index is 10.9. The van der Waals surface area contributed by atoms with E-state index in [0.29, 0.717) is 12.2 Å². The molecule has 5 heteroatoms. The Morgan fingerprint density at radius 2 is 2.17 bits per heavy atom. The van der Waals surface area contributed by atoms with Gasteiger partial charge in [0.1, 0.15) is 0 Å². The van der Waals surface area contributed by atoms with Crippen molar-refractivity contribution in [2.45, 2.75) is 19.4 Å². The summed E-state index contributed by atoms with van der Waals surface area (Å²) in [6, 6.07) is 9.55. The van der Waals surface area contributed by atoms with Crippen LogP contribution >= 0.6 is 0 Å². The Balaban J connectivity index is 2.14. The SMILES string of the molecule is CCC(Oc1cnn(-c2ccccc2)c1)C(=O)O. The van der Waals surface area contributed by atoms with Crippen molar-refractivity contribution in [3.05, 3.63) is 42.7 Å². The van der Waals surface area contributed by atoms with E-state index in [2.05, 4.69) is 5.10 Å². The quantitative estimate of drug-likeness (QED) is 0.877. The maximum atomic E-state index is 10.9. The predicted octanol–water partition coefficient (Wildman–Crippen LogP) is 2.11. The van der Waals surface area contributed by atoms with Crippen molar-refractivity contribution in [2.75, 3.05) is 0 Å². The van der Waals surface area contributed by atoms with Crippen molar-refractivity contribution < 1.29 is 14.6 Å². The van der Waals surface area contributed by atoms with Gasteiger partial charge in [0.05, 0.1) is 18.1 Å². The third kappa shape index (κ3) is 2.68. The summed E-state index contributed by atoms with van der Waals surface area (Å²) >= 11 is 0. The molecule has 0 radical (unpaired) electrons. The van der Waals surface area contributed by atoms with E-state index in [9.17, 15) is 4.79 Å². The van der Waals surface area contributed by atoms with Crippen LogP contribution in [0.2, 0.25) is 0 Å². The zero-order valence-electron chi connectivity index (χ0n) is 9.98. The second-order valence-corrected chi connectivity index (χ2v) is 3.81. The Hall–Kier alpha value is -2.30. The largest absolute Gasteiger partial charge is 0.479 e. The fourth-order valence-corrected chi connectivity index (χ4v) is 1.56. The topological polar surface area (TPSA) is 64.4 Å². The van der Waals surface area contributed by atoms with Gasteiger partial charge in [0.15, 0.2) is 11.9 Å². The molecule has 0 aliphatic rings. The minimum absolute atomic E-state index is 0.409. The zero-order valence-corrected chi connectivity index (χ0v) is 9.98. The van der Waals surface area contributed by atoms with Gasteiger partial charge >= 0.3 is 5.97 Å². The molecule has 5 nitrogen and oxygen atoms in total. The molecule has 0 spiro atoms. The van der Waals surface area contributed by atoms with E-state index < -0.39 is 12.1 Å². The Bertz CT molecular complexity index is 522. The molecular weight excluding hydrogens is 232 g/mol. The lowest BCUT2D eigenvalue weighted by Crippen LogP contribution is -2.25. The third-order valence-electron chi connectivity index (χ3n) is 2.50. The number of hydrogen-bond acceptors (Lipinski definition) is 3. The number of aromatic nitrogens is 2. The molecule has 1 unspecified atom stereocenters. The molecule has 0 aliphatic carbocycles. The lowest BCUT2D eigenvalue weighted by Gasteiger charge is -2.10. The first-order valence-corrected chi connectivity index (χ1v) is 5.70. The summed E-state index contributed by atoms with van der Waals surface area (Å²) in [4.78, 5) is 10.9. The smallest absolute Gasteiger partial charge is 0.344 e. The van der Waals surface area contributed by atoms with Gasteiger partial charge in [-0.1, -0.05) is 25.1 Å². The fourth-order valence-electron chi connectivity index (χ4n) is 1.56. The summed E-state index contributed by atoms with van der Waals surface area (Å²) in [5.74, 6) is -0.516. The van der Waals surface area contributed by atoms with Crippen LogP contribution in [-0.2, 0) is 4.79 Å². The van der Waals surface area contributed by atoms with E-state index in [4.69, 9.17) is 9.84 Å². The zero-order chi connectivity index (χ0) is 13.0. The molecule has 2 rings (SSSR count). The highest BCUT2D eigenvalue weighted by atomic mass is 16.5. The van der Waals surface area contributed by atoms with Crippen molar-refractivity contribution in [1.29, 1.82) is 0 Å². The van der Waals surface area contributed by atoms with E-state index in [1.807, 2.05) is 30.3 Å². The number of carboxylic acid groups (broad SMARTS) is 1. The number of hydrogen-bond donors (Lipinski definition) is 1. The Labute approximate surface area is 105 Å². The van der Waals surface area contributed by atoms with Crippen LogP contribution in [0.25, 0.3) is 5.69 Å². The molecule has 0 fully saturated rings. The van der Waals surface area contributed by atoms with E-state index in [0.717, 1.165) is 5.69 Å². The summed E-state index contributed by atoms with van der Waals surface area (Å²) in [7, 11) is 0. The Kier molecular flexibility index (Phi) is 3.62. The lowest BCUT2D eigenvalue weighted by molar-refractivity contribution is -0.145. The van der Waals surface area contributed by atoms with Crippen LogP contribution in [0.15, 0.2) is 42.7 Å². The van der Waals surface area contributed by atoms with Gasteiger partial charge in [-0.05, 0) is 18.6 Å². The molecule has 2 aromatic rings. The Morgan fingerprint density at radius 3 is 2.78 bits per heavy atom. The summed E-state index contributed by atoms with van der Waals surface area (Å²) in [5.41, 5.74) is 0.899. The highest BCUT2D eigenvalue weighted by Crippen LogP contribution is 2.15. The van der Waals surface area contributed by atoms with Crippen molar-refractivity contribution >= 4 is 5.97 Å². The summed E-state index contributed by atoms with van der Waals surface area (Å²) in [5, 5.41) is 13.0. The highest BCUT2D eigenvalue weighted by Gasteiger charge is 2.17. The van der Waals surface area contributed by atoms with E-state index >= 15 is 0 Å². The number of carbonyl (C=O) groups is 1. The molecule has 1 heterocycles. The van der Waals surface area contributed by atoms with Crippen molar-refractivity contribution in [1.82, 2.24) is 9.78 Å². The van der Waals surface area contributed by atoms with Gasteiger partial charge in [-0.15, -0.1) is 0 Å². The molecule has 1 N–H and O–H groups in total. The number of para-hydroxylation sites is 1. The van der Waals surface area contributed by atoms with Crippen molar-refractivity contribution in [2.24, 2.45) is 0 Å². The summed E-state index contributed by atoms with van der Waals surface area (Å²) < 4.78 is 6.99. The van der Waals surface area contributed by atoms with Gasteiger partial charge in [-0.25, -0.2) is 9.48 Å². The molecule has 18 heavy (non-hydrogen) atoms. The molecule has 1 atom stereocenters. The van der Waals surface area contributed by atoms with Gasteiger partial charge in [-0.3, -0.25) is 0 Å². The van der Waals surface area contributed by atoms with Gasteiger partial charge < -0.3 is 9.84 Å². The normalized spacial score (nSPS) is 12.1. The molecular formula is C13H14N2O3. The number of nitrogens with zero attached hydrogens (tertiary/aromatic N) is 2. The fraction of sp³-hybridized carbons (Fsp3) is 0.231. The number of ether oxygens (including phenoxy) is 1. The minimum Gasteiger partial charge on any atom is -0.479 e. The molecule has 0 bridgehead atoms. The average molecular weight is 246 g/mol. The number of carboxylic acids is 1. The van der Waals surface area contributed by atoms with E-state index in [1.165, 1.54) is 6.20 Å². The molecule has 0 aliphatic heterocycles. The number of benzene rings is 1. The predicted molar refractivity (Wildman–Crippen MR) is 65.9 cm³/mol.